The number of rotatable bonds is 3. The van der Waals surface area contributed by atoms with Crippen molar-refractivity contribution in [2.24, 2.45) is 5.92 Å². The molecular formula is C18H14F4N2O2. The third-order valence-corrected chi connectivity index (χ3v) is 4.10. The molecule has 1 fully saturated rings. The molecule has 4 nitrogen and oxygen atoms in total. The predicted octanol–water partition coefficient (Wildman–Crippen LogP) is 3.84. The van der Waals surface area contributed by atoms with Crippen LogP contribution in [0.3, 0.4) is 0 Å². The molecule has 26 heavy (non-hydrogen) atoms. The van der Waals surface area contributed by atoms with Crippen molar-refractivity contribution in [1.29, 1.82) is 0 Å². The van der Waals surface area contributed by atoms with Gasteiger partial charge in [0.05, 0.1) is 11.5 Å². The SMILES string of the molecule is O=C(Nc1ccc(C(F)(F)F)cc1)C1CC(=O)N(c2cccc(F)c2)C1. The molecule has 3 rings (SSSR count). The van der Waals surface area contributed by atoms with Crippen LogP contribution >= 0.6 is 0 Å². The molecule has 1 aliphatic heterocycles. The Bertz CT molecular complexity index is 834. The number of carbonyl (C=O) groups is 2. The number of benzene rings is 2. The number of carbonyl (C=O) groups excluding carboxylic acids is 2. The number of halogens is 4. The van der Waals surface area contributed by atoms with E-state index in [0.717, 1.165) is 24.3 Å². The Labute approximate surface area is 146 Å². The van der Waals surface area contributed by atoms with E-state index in [2.05, 4.69) is 5.32 Å². The first-order valence-electron chi connectivity index (χ1n) is 7.78. The van der Waals surface area contributed by atoms with Crippen LogP contribution in [-0.2, 0) is 15.8 Å². The van der Waals surface area contributed by atoms with Gasteiger partial charge >= 0.3 is 6.18 Å². The van der Waals surface area contributed by atoms with Crippen molar-refractivity contribution in [3.8, 4) is 0 Å². The minimum atomic E-state index is -4.45. The normalized spacial score (nSPS) is 17.5. The van der Waals surface area contributed by atoms with Gasteiger partial charge in [0, 0.05) is 24.3 Å². The lowest BCUT2D eigenvalue weighted by molar-refractivity contribution is -0.137. The van der Waals surface area contributed by atoms with Crippen LogP contribution in [0.5, 0.6) is 0 Å². The third kappa shape index (κ3) is 3.84. The van der Waals surface area contributed by atoms with Crippen LogP contribution in [-0.4, -0.2) is 18.4 Å². The van der Waals surface area contributed by atoms with Gasteiger partial charge in [-0.3, -0.25) is 9.59 Å². The first-order valence-corrected chi connectivity index (χ1v) is 7.78. The summed E-state index contributed by atoms with van der Waals surface area (Å²) in [6, 6.07) is 9.53. The first-order chi connectivity index (χ1) is 12.2. The summed E-state index contributed by atoms with van der Waals surface area (Å²) in [6.07, 6.45) is -4.51. The van der Waals surface area contributed by atoms with Gasteiger partial charge in [-0.05, 0) is 42.5 Å². The smallest absolute Gasteiger partial charge is 0.326 e. The van der Waals surface area contributed by atoms with Gasteiger partial charge in [0.2, 0.25) is 11.8 Å². The molecule has 0 bridgehead atoms. The van der Waals surface area contributed by atoms with Crippen molar-refractivity contribution in [2.45, 2.75) is 12.6 Å². The lowest BCUT2D eigenvalue weighted by Crippen LogP contribution is -2.28. The standard InChI is InChI=1S/C18H14F4N2O2/c19-13-2-1-3-15(9-13)24-10-11(8-16(24)25)17(26)23-14-6-4-12(5-7-14)18(20,21)22/h1-7,9,11H,8,10H2,(H,23,26). The van der Waals surface area contributed by atoms with Gasteiger partial charge in [-0.2, -0.15) is 13.2 Å². The minimum absolute atomic E-state index is 0.0526. The van der Waals surface area contributed by atoms with Crippen molar-refractivity contribution in [1.82, 2.24) is 0 Å². The largest absolute Gasteiger partial charge is 0.416 e. The maximum atomic E-state index is 13.3. The number of alkyl halides is 3. The molecule has 2 amide bonds. The van der Waals surface area contributed by atoms with Gasteiger partial charge in [0.15, 0.2) is 0 Å². The molecule has 136 valence electrons. The molecule has 0 aromatic heterocycles. The second kappa shape index (κ2) is 6.78. The first kappa shape index (κ1) is 17.9. The quantitative estimate of drug-likeness (QED) is 0.840. The van der Waals surface area contributed by atoms with E-state index in [-0.39, 0.29) is 24.6 Å². The number of hydrogen-bond donors (Lipinski definition) is 1. The average Bonchev–Trinajstić information content (AvgIpc) is 2.96. The molecule has 1 saturated heterocycles. The van der Waals surface area contributed by atoms with Gasteiger partial charge in [-0.25, -0.2) is 4.39 Å². The molecule has 1 atom stereocenters. The van der Waals surface area contributed by atoms with Crippen LogP contribution in [0.1, 0.15) is 12.0 Å². The van der Waals surface area contributed by atoms with Crippen molar-refractivity contribution >= 4 is 23.2 Å². The molecule has 2 aromatic carbocycles. The topological polar surface area (TPSA) is 49.4 Å². The molecule has 0 saturated carbocycles. The zero-order valence-electron chi connectivity index (χ0n) is 13.4. The van der Waals surface area contributed by atoms with Crippen LogP contribution < -0.4 is 10.2 Å². The van der Waals surface area contributed by atoms with Gasteiger partial charge in [0.25, 0.3) is 0 Å². The fraction of sp³-hybridized carbons (Fsp3) is 0.222. The summed E-state index contributed by atoms with van der Waals surface area (Å²) in [5.41, 5.74) is -0.247. The minimum Gasteiger partial charge on any atom is -0.326 e. The summed E-state index contributed by atoms with van der Waals surface area (Å²) in [6.45, 7) is 0.0781. The van der Waals surface area contributed by atoms with Crippen LogP contribution in [0.25, 0.3) is 0 Å². The second-order valence-corrected chi connectivity index (χ2v) is 5.95. The van der Waals surface area contributed by atoms with Crippen molar-refractivity contribution in [3.63, 3.8) is 0 Å². The zero-order valence-corrected chi connectivity index (χ0v) is 13.4. The summed E-state index contributed by atoms with van der Waals surface area (Å²) in [4.78, 5) is 25.7. The van der Waals surface area contributed by atoms with E-state index >= 15 is 0 Å². The molecule has 1 unspecified atom stereocenters. The molecule has 1 heterocycles. The summed E-state index contributed by atoms with van der Waals surface area (Å²) < 4.78 is 50.9. The molecule has 2 aromatic rings. The molecule has 0 spiro atoms. The molecule has 8 heteroatoms. The summed E-state index contributed by atoms with van der Waals surface area (Å²) in [5, 5.41) is 2.51. The molecule has 1 aliphatic rings. The van der Waals surface area contributed by atoms with Crippen LogP contribution in [0.15, 0.2) is 48.5 Å². The number of anilines is 2. The van der Waals surface area contributed by atoms with E-state index in [1.54, 1.807) is 6.07 Å². The lowest BCUT2D eigenvalue weighted by atomic mass is 10.1. The predicted molar refractivity (Wildman–Crippen MR) is 86.9 cm³/mol. The van der Waals surface area contributed by atoms with Gasteiger partial charge < -0.3 is 10.2 Å². The van der Waals surface area contributed by atoms with Crippen LogP contribution in [0, 0.1) is 11.7 Å². The van der Waals surface area contributed by atoms with Gasteiger partial charge in [-0.1, -0.05) is 6.07 Å². The highest BCUT2D eigenvalue weighted by Crippen LogP contribution is 2.30. The number of hydrogen-bond acceptors (Lipinski definition) is 2. The Balaban J connectivity index is 1.67. The Morgan fingerprint density at radius 2 is 1.81 bits per heavy atom. The van der Waals surface area contributed by atoms with Crippen LogP contribution in [0.2, 0.25) is 0 Å². The van der Waals surface area contributed by atoms with Gasteiger partial charge in [0.1, 0.15) is 5.82 Å². The highest BCUT2D eigenvalue weighted by molar-refractivity contribution is 6.03. The number of nitrogens with zero attached hydrogens (tertiary/aromatic N) is 1. The summed E-state index contributed by atoms with van der Waals surface area (Å²) in [7, 11) is 0. The fourth-order valence-electron chi connectivity index (χ4n) is 2.76. The Hall–Kier alpha value is -2.90. The van der Waals surface area contributed by atoms with Crippen molar-refractivity contribution in [2.75, 3.05) is 16.8 Å². The van der Waals surface area contributed by atoms with Gasteiger partial charge in [-0.15, -0.1) is 0 Å². The number of amides is 2. The van der Waals surface area contributed by atoms with E-state index in [9.17, 15) is 27.2 Å². The highest BCUT2D eigenvalue weighted by atomic mass is 19.4. The molecule has 0 aliphatic carbocycles. The molecule has 0 radical (unpaired) electrons. The summed E-state index contributed by atoms with van der Waals surface area (Å²) >= 11 is 0. The lowest BCUT2D eigenvalue weighted by Gasteiger charge is -2.17. The molecular weight excluding hydrogens is 352 g/mol. The zero-order chi connectivity index (χ0) is 18.9. The maximum absolute atomic E-state index is 13.3. The van der Waals surface area contributed by atoms with E-state index in [1.165, 1.54) is 23.1 Å². The highest BCUT2D eigenvalue weighted by Gasteiger charge is 2.35. The summed E-state index contributed by atoms with van der Waals surface area (Å²) in [5.74, 6) is -1.96. The maximum Gasteiger partial charge on any atom is 0.416 e. The molecule has 1 N–H and O–H groups in total. The monoisotopic (exact) mass is 366 g/mol. The van der Waals surface area contributed by atoms with E-state index < -0.39 is 29.4 Å². The van der Waals surface area contributed by atoms with E-state index in [4.69, 9.17) is 0 Å². The average molecular weight is 366 g/mol. The Morgan fingerprint density at radius 3 is 2.42 bits per heavy atom. The second-order valence-electron chi connectivity index (χ2n) is 5.95. The third-order valence-electron chi connectivity index (χ3n) is 4.10. The fourth-order valence-corrected chi connectivity index (χ4v) is 2.76. The Morgan fingerprint density at radius 1 is 1.12 bits per heavy atom. The Kier molecular flexibility index (Phi) is 4.67. The van der Waals surface area contributed by atoms with E-state index in [0.29, 0.717) is 5.69 Å². The van der Waals surface area contributed by atoms with Crippen molar-refractivity contribution < 1.29 is 27.2 Å². The van der Waals surface area contributed by atoms with Crippen molar-refractivity contribution in [3.05, 3.63) is 59.9 Å². The van der Waals surface area contributed by atoms with E-state index in [1.807, 2.05) is 0 Å². The number of nitrogens with one attached hydrogen (secondary N) is 1. The van der Waals surface area contributed by atoms with Crippen LogP contribution in [0.4, 0.5) is 28.9 Å².